The molecule has 0 spiro atoms. The van der Waals surface area contributed by atoms with Gasteiger partial charge in [-0.15, -0.1) is 0 Å². The fourth-order valence-corrected chi connectivity index (χ4v) is 2.90. The average Bonchev–Trinajstić information content (AvgIpc) is 2.66. The summed E-state index contributed by atoms with van der Waals surface area (Å²) in [4.78, 5) is 38.5. The number of nitrogens with zero attached hydrogens (tertiary/aromatic N) is 1. The van der Waals surface area contributed by atoms with E-state index in [0.29, 0.717) is 28.6 Å². The maximum absolute atomic E-state index is 12.9. The van der Waals surface area contributed by atoms with E-state index in [-0.39, 0.29) is 5.57 Å². The molecule has 2 aromatic rings. The van der Waals surface area contributed by atoms with Crippen LogP contribution in [0.5, 0.6) is 5.75 Å². The Bertz CT molecular complexity index is 967. The van der Waals surface area contributed by atoms with Crippen molar-refractivity contribution >= 4 is 41.2 Å². The van der Waals surface area contributed by atoms with E-state index in [1.54, 1.807) is 42.5 Å². The summed E-state index contributed by atoms with van der Waals surface area (Å²) in [6, 6.07) is 11.0. The van der Waals surface area contributed by atoms with Crippen molar-refractivity contribution in [2.45, 2.75) is 20.3 Å². The Morgan fingerprint density at radius 1 is 1.11 bits per heavy atom. The highest BCUT2D eigenvalue weighted by atomic mass is 35.5. The standard InChI is InChI=1S/C21H19ClN2O4/c1-3-10-28-18-9-6-15(22)11-14(18)12-17-19(25)23-21(27)24(20(17)26)16-7-4-13(2)5-8-16/h4-9,11-12H,3,10H2,1-2H3,(H,23,25,27)/b17-12+. The van der Waals surface area contributed by atoms with Crippen LogP contribution in [0.4, 0.5) is 10.5 Å². The van der Waals surface area contributed by atoms with Gasteiger partial charge in [-0.2, -0.15) is 0 Å². The van der Waals surface area contributed by atoms with Crippen molar-refractivity contribution in [3.05, 3.63) is 64.2 Å². The van der Waals surface area contributed by atoms with Gasteiger partial charge < -0.3 is 4.74 Å². The number of barbiturate groups is 1. The first-order valence-electron chi connectivity index (χ1n) is 8.81. The SMILES string of the molecule is CCCOc1ccc(Cl)cc1/C=C1\C(=O)NC(=O)N(c2ccc(C)cc2)C1=O. The fourth-order valence-electron chi connectivity index (χ4n) is 2.72. The molecule has 1 saturated heterocycles. The number of amides is 4. The van der Waals surface area contributed by atoms with Gasteiger partial charge in [0.1, 0.15) is 11.3 Å². The van der Waals surface area contributed by atoms with Crippen LogP contribution < -0.4 is 15.0 Å². The highest BCUT2D eigenvalue weighted by molar-refractivity contribution is 6.39. The largest absolute Gasteiger partial charge is 0.493 e. The number of nitrogens with one attached hydrogen (secondary N) is 1. The van der Waals surface area contributed by atoms with Crippen LogP contribution in [0.2, 0.25) is 5.02 Å². The molecule has 0 radical (unpaired) electrons. The quantitative estimate of drug-likeness (QED) is 0.607. The van der Waals surface area contributed by atoms with Crippen LogP contribution in [-0.4, -0.2) is 24.5 Å². The number of rotatable bonds is 5. The van der Waals surface area contributed by atoms with E-state index in [9.17, 15) is 14.4 Å². The molecule has 28 heavy (non-hydrogen) atoms. The van der Waals surface area contributed by atoms with E-state index in [2.05, 4.69) is 5.32 Å². The van der Waals surface area contributed by atoms with Gasteiger partial charge in [-0.1, -0.05) is 36.2 Å². The zero-order valence-corrected chi connectivity index (χ0v) is 16.2. The molecule has 144 valence electrons. The van der Waals surface area contributed by atoms with Crippen molar-refractivity contribution in [1.29, 1.82) is 0 Å². The average molecular weight is 399 g/mol. The number of carbonyl (C=O) groups excluding carboxylic acids is 3. The van der Waals surface area contributed by atoms with Gasteiger partial charge in [0.2, 0.25) is 0 Å². The van der Waals surface area contributed by atoms with E-state index < -0.39 is 17.8 Å². The van der Waals surface area contributed by atoms with Gasteiger partial charge in [0.05, 0.1) is 12.3 Å². The van der Waals surface area contributed by atoms with Crippen LogP contribution in [0.15, 0.2) is 48.0 Å². The number of ether oxygens (including phenoxy) is 1. The van der Waals surface area contributed by atoms with Crippen LogP contribution in [-0.2, 0) is 9.59 Å². The van der Waals surface area contributed by atoms with Gasteiger partial charge in [-0.3, -0.25) is 14.9 Å². The molecule has 0 aliphatic carbocycles. The Labute approximate surface area is 167 Å². The third-order valence-corrected chi connectivity index (χ3v) is 4.36. The number of hydrogen-bond donors (Lipinski definition) is 1. The van der Waals surface area contributed by atoms with Gasteiger partial charge >= 0.3 is 6.03 Å². The topological polar surface area (TPSA) is 75.7 Å². The summed E-state index contributed by atoms with van der Waals surface area (Å²) in [5.74, 6) is -0.975. The number of anilines is 1. The van der Waals surface area contributed by atoms with Gasteiger partial charge in [0.15, 0.2) is 0 Å². The lowest BCUT2D eigenvalue weighted by Gasteiger charge is -2.26. The Kier molecular flexibility index (Phi) is 5.80. The summed E-state index contributed by atoms with van der Waals surface area (Å²) >= 11 is 6.07. The van der Waals surface area contributed by atoms with Crippen molar-refractivity contribution in [2.75, 3.05) is 11.5 Å². The van der Waals surface area contributed by atoms with Crippen molar-refractivity contribution < 1.29 is 19.1 Å². The number of benzene rings is 2. The molecule has 1 aliphatic heterocycles. The molecule has 1 aliphatic rings. The normalized spacial score (nSPS) is 15.8. The molecule has 2 aromatic carbocycles. The first-order valence-corrected chi connectivity index (χ1v) is 9.19. The van der Waals surface area contributed by atoms with Crippen molar-refractivity contribution in [1.82, 2.24) is 5.32 Å². The molecule has 0 unspecified atom stereocenters. The minimum absolute atomic E-state index is 0.177. The Morgan fingerprint density at radius 3 is 2.50 bits per heavy atom. The minimum atomic E-state index is -0.787. The number of aryl methyl sites for hydroxylation is 1. The summed E-state index contributed by atoms with van der Waals surface area (Å²) in [6.45, 7) is 4.34. The maximum atomic E-state index is 12.9. The Balaban J connectivity index is 2.02. The first-order chi connectivity index (χ1) is 13.4. The zero-order valence-electron chi connectivity index (χ0n) is 15.5. The number of hydrogen-bond acceptors (Lipinski definition) is 4. The lowest BCUT2D eigenvalue weighted by molar-refractivity contribution is -0.122. The molecular formula is C21H19ClN2O4. The second kappa shape index (κ2) is 8.27. The van der Waals surface area contributed by atoms with Crippen LogP contribution in [0.3, 0.4) is 0 Å². The number of imide groups is 2. The molecular weight excluding hydrogens is 380 g/mol. The van der Waals surface area contributed by atoms with Crippen molar-refractivity contribution in [3.8, 4) is 5.75 Å². The van der Waals surface area contributed by atoms with Crippen LogP contribution in [0.1, 0.15) is 24.5 Å². The van der Waals surface area contributed by atoms with Crippen LogP contribution in [0.25, 0.3) is 6.08 Å². The molecule has 0 aromatic heterocycles. The first kappa shape index (κ1) is 19.6. The van der Waals surface area contributed by atoms with E-state index in [1.165, 1.54) is 6.08 Å². The predicted molar refractivity (Wildman–Crippen MR) is 107 cm³/mol. The minimum Gasteiger partial charge on any atom is -0.493 e. The van der Waals surface area contributed by atoms with E-state index in [0.717, 1.165) is 16.9 Å². The van der Waals surface area contributed by atoms with Crippen LogP contribution >= 0.6 is 11.6 Å². The molecule has 7 heteroatoms. The molecule has 6 nitrogen and oxygen atoms in total. The summed E-state index contributed by atoms with van der Waals surface area (Å²) in [7, 11) is 0. The van der Waals surface area contributed by atoms with E-state index in [4.69, 9.17) is 16.3 Å². The van der Waals surface area contributed by atoms with Crippen molar-refractivity contribution in [2.24, 2.45) is 0 Å². The summed E-state index contributed by atoms with van der Waals surface area (Å²) < 4.78 is 5.67. The molecule has 1 fully saturated rings. The second-order valence-corrected chi connectivity index (χ2v) is 6.76. The lowest BCUT2D eigenvalue weighted by atomic mass is 10.1. The number of carbonyl (C=O) groups is 3. The number of urea groups is 1. The molecule has 1 N–H and O–H groups in total. The monoisotopic (exact) mass is 398 g/mol. The Morgan fingerprint density at radius 2 is 1.82 bits per heavy atom. The molecule has 0 atom stereocenters. The third kappa shape index (κ3) is 4.07. The van der Waals surface area contributed by atoms with Gasteiger partial charge in [-0.05, 0) is 49.8 Å². The van der Waals surface area contributed by atoms with Crippen LogP contribution in [0, 0.1) is 6.92 Å². The fraction of sp³-hybridized carbons (Fsp3) is 0.190. The smallest absolute Gasteiger partial charge is 0.335 e. The van der Waals surface area contributed by atoms with E-state index in [1.807, 2.05) is 13.8 Å². The second-order valence-electron chi connectivity index (χ2n) is 6.32. The molecule has 0 bridgehead atoms. The number of halogens is 1. The maximum Gasteiger partial charge on any atom is 0.335 e. The Hall–Kier alpha value is -3.12. The van der Waals surface area contributed by atoms with E-state index >= 15 is 0 Å². The summed E-state index contributed by atoms with van der Waals surface area (Å²) in [5, 5.41) is 2.64. The molecule has 4 amide bonds. The molecule has 3 rings (SSSR count). The van der Waals surface area contributed by atoms with Gasteiger partial charge in [-0.25, -0.2) is 9.69 Å². The molecule has 0 saturated carbocycles. The lowest BCUT2D eigenvalue weighted by Crippen LogP contribution is -2.54. The zero-order chi connectivity index (χ0) is 20.3. The van der Waals surface area contributed by atoms with Gasteiger partial charge in [0, 0.05) is 10.6 Å². The third-order valence-electron chi connectivity index (χ3n) is 4.13. The summed E-state index contributed by atoms with van der Waals surface area (Å²) in [5.41, 5.74) is 1.67. The highest BCUT2D eigenvalue weighted by Gasteiger charge is 2.36. The molecule has 1 heterocycles. The predicted octanol–water partition coefficient (Wildman–Crippen LogP) is 4.10. The highest BCUT2D eigenvalue weighted by Crippen LogP contribution is 2.28. The van der Waals surface area contributed by atoms with Gasteiger partial charge in [0.25, 0.3) is 11.8 Å². The van der Waals surface area contributed by atoms with Crippen molar-refractivity contribution in [3.63, 3.8) is 0 Å². The summed E-state index contributed by atoms with van der Waals surface area (Å²) in [6.07, 6.45) is 2.19.